The van der Waals surface area contributed by atoms with Crippen molar-refractivity contribution in [3.05, 3.63) is 29.8 Å². The monoisotopic (exact) mass is 252 g/mol. The number of piperidine rings is 1. The molecule has 1 aromatic rings. The van der Waals surface area contributed by atoms with E-state index < -0.39 is 0 Å². The number of para-hydroxylation sites is 1. The Hall–Kier alpha value is -0.730. The van der Waals surface area contributed by atoms with E-state index in [2.05, 4.69) is 41.4 Å². The average molecular weight is 253 g/mol. The Morgan fingerprint density at radius 1 is 1.24 bits per heavy atom. The van der Waals surface area contributed by atoms with Gasteiger partial charge in [-0.2, -0.15) is 0 Å². The van der Waals surface area contributed by atoms with Crippen LogP contribution < -0.4 is 5.32 Å². The van der Waals surface area contributed by atoms with Crippen molar-refractivity contribution in [1.29, 1.82) is 0 Å². The van der Waals surface area contributed by atoms with E-state index in [9.17, 15) is 0 Å². The summed E-state index contributed by atoms with van der Waals surface area (Å²) in [5.74, 6) is 0. The molecule has 1 saturated heterocycles. The molecule has 2 nitrogen and oxygen atoms in total. The van der Waals surface area contributed by atoms with Crippen LogP contribution >= 0.6 is 12.4 Å². The molecule has 1 spiro atoms. The molecule has 1 N–H and O–H groups in total. The normalized spacial score (nSPS) is 21.7. The molecule has 1 fully saturated rings. The van der Waals surface area contributed by atoms with Gasteiger partial charge in [-0.1, -0.05) is 25.1 Å². The summed E-state index contributed by atoms with van der Waals surface area (Å²) < 4.78 is 0. The van der Waals surface area contributed by atoms with E-state index in [4.69, 9.17) is 0 Å². The average Bonchev–Trinajstić information content (AvgIpc) is 2.71. The van der Waals surface area contributed by atoms with Crippen LogP contribution in [-0.2, 0) is 5.41 Å². The number of fused-ring (bicyclic) bond motifs is 2. The second kappa shape index (κ2) is 4.87. The molecule has 3 rings (SSSR count). The van der Waals surface area contributed by atoms with E-state index in [0.29, 0.717) is 5.41 Å². The van der Waals surface area contributed by atoms with Crippen LogP contribution in [0.25, 0.3) is 0 Å². The fraction of sp³-hybridized carbons (Fsp3) is 0.571. The number of nitrogens with zero attached hydrogens (tertiary/aromatic N) is 1. The van der Waals surface area contributed by atoms with Gasteiger partial charge < -0.3 is 10.2 Å². The topological polar surface area (TPSA) is 15.3 Å². The lowest BCUT2D eigenvalue weighted by molar-refractivity contribution is 0.176. The smallest absolute Gasteiger partial charge is 0.0379 e. The Bertz CT molecular complexity index is 384. The van der Waals surface area contributed by atoms with Gasteiger partial charge in [0.05, 0.1) is 0 Å². The van der Waals surface area contributed by atoms with E-state index >= 15 is 0 Å². The van der Waals surface area contributed by atoms with Gasteiger partial charge in [-0.15, -0.1) is 12.4 Å². The lowest BCUT2D eigenvalue weighted by Gasteiger charge is -2.39. The third-order valence-electron chi connectivity index (χ3n) is 4.38. The minimum Gasteiger partial charge on any atom is -0.384 e. The van der Waals surface area contributed by atoms with Crippen LogP contribution in [0.4, 0.5) is 5.69 Å². The number of likely N-dealkylation sites (tertiary alicyclic amines) is 1. The first-order valence-electron chi connectivity index (χ1n) is 6.40. The lowest BCUT2D eigenvalue weighted by Crippen LogP contribution is -2.43. The van der Waals surface area contributed by atoms with Gasteiger partial charge in [0, 0.05) is 17.6 Å². The Labute approximate surface area is 110 Å². The van der Waals surface area contributed by atoms with Gasteiger partial charge in [0.2, 0.25) is 0 Å². The van der Waals surface area contributed by atoms with E-state index in [1.807, 2.05) is 0 Å². The molecule has 0 unspecified atom stereocenters. The number of anilines is 1. The van der Waals surface area contributed by atoms with E-state index in [1.54, 1.807) is 5.56 Å². The summed E-state index contributed by atoms with van der Waals surface area (Å²) in [4.78, 5) is 2.56. The van der Waals surface area contributed by atoms with Crippen LogP contribution in [0.5, 0.6) is 0 Å². The first-order chi connectivity index (χ1) is 7.84. The second-order valence-electron chi connectivity index (χ2n) is 5.11. The molecular weight excluding hydrogens is 232 g/mol. The third-order valence-corrected chi connectivity index (χ3v) is 4.38. The third kappa shape index (κ3) is 2.04. The van der Waals surface area contributed by atoms with Crippen LogP contribution in [0.2, 0.25) is 0 Å². The van der Waals surface area contributed by atoms with Crippen LogP contribution in [0.1, 0.15) is 25.3 Å². The summed E-state index contributed by atoms with van der Waals surface area (Å²) in [7, 11) is 0. The predicted octanol–water partition coefficient (Wildman–Crippen LogP) is 2.89. The standard InChI is InChI=1S/C14H20N2.ClH/c1-2-16-9-7-14(8-10-16)11-15-13-6-4-3-5-12(13)14;/h3-6,15H,2,7-11H2,1H3;1H. The SMILES string of the molecule is CCN1CCC2(CC1)CNc1ccccc12.Cl. The van der Waals surface area contributed by atoms with Crippen LogP contribution in [0.3, 0.4) is 0 Å². The summed E-state index contributed by atoms with van der Waals surface area (Å²) in [5, 5.41) is 3.57. The Morgan fingerprint density at radius 3 is 2.65 bits per heavy atom. The number of halogens is 1. The maximum atomic E-state index is 3.57. The predicted molar refractivity (Wildman–Crippen MR) is 75.2 cm³/mol. The van der Waals surface area contributed by atoms with Gasteiger partial charge in [0.1, 0.15) is 0 Å². The summed E-state index contributed by atoms with van der Waals surface area (Å²) in [6, 6.07) is 8.85. The fourth-order valence-corrected chi connectivity index (χ4v) is 3.20. The van der Waals surface area contributed by atoms with E-state index in [0.717, 1.165) is 6.54 Å². The number of hydrogen-bond donors (Lipinski definition) is 1. The van der Waals surface area contributed by atoms with Gasteiger partial charge in [0.15, 0.2) is 0 Å². The molecule has 0 radical (unpaired) electrons. The van der Waals surface area contributed by atoms with Gasteiger partial charge in [-0.3, -0.25) is 0 Å². The minimum absolute atomic E-state index is 0. The van der Waals surface area contributed by atoms with Crippen molar-refractivity contribution in [2.24, 2.45) is 0 Å². The first kappa shape index (κ1) is 12.7. The zero-order valence-corrected chi connectivity index (χ0v) is 11.2. The maximum Gasteiger partial charge on any atom is 0.0379 e. The highest BCUT2D eigenvalue weighted by molar-refractivity contribution is 5.85. The molecule has 0 amide bonds. The van der Waals surface area contributed by atoms with Gasteiger partial charge in [0.25, 0.3) is 0 Å². The van der Waals surface area contributed by atoms with E-state index in [-0.39, 0.29) is 12.4 Å². The molecule has 2 aliphatic heterocycles. The van der Waals surface area contributed by atoms with Gasteiger partial charge in [-0.05, 0) is 44.1 Å². The number of hydrogen-bond acceptors (Lipinski definition) is 2. The Balaban J connectivity index is 0.00000108. The molecule has 94 valence electrons. The van der Waals surface area contributed by atoms with Crippen LogP contribution in [0, 0.1) is 0 Å². The highest BCUT2D eigenvalue weighted by Crippen LogP contribution is 2.43. The zero-order chi connectivity index (χ0) is 11.0. The summed E-state index contributed by atoms with van der Waals surface area (Å²) in [6.07, 6.45) is 2.62. The van der Waals surface area contributed by atoms with Crippen molar-refractivity contribution < 1.29 is 0 Å². The molecule has 0 bridgehead atoms. The number of rotatable bonds is 1. The summed E-state index contributed by atoms with van der Waals surface area (Å²) in [6.45, 7) is 7.12. The molecule has 1 aromatic carbocycles. The van der Waals surface area contributed by atoms with Crippen LogP contribution in [-0.4, -0.2) is 31.1 Å². The quantitative estimate of drug-likeness (QED) is 0.827. The zero-order valence-electron chi connectivity index (χ0n) is 10.4. The molecule has 17 heavy (non-hydrogen) atoms. The molecule has 2 heterocycles. The van der Waals surface area contributed by atoms with Crippen molar-refractivity contribution in [2.75, 3.05) is 31.5 Å². The fourth-order valence-electron chi connectivity index (χ4n) is 3.20. The van der Waals surface area contributed by atoms with E-state index in [1.165, 1.54) is 38.2 Å². The molecule has 0 saturated carbocycles. The summed E-state index contributed by atoms with van der Waals surface area (Å²) in [5.41, 5.74) is 3.36. The molecule has 0 atom stereocenters. The molecule has 0 aromatic heterocycles. The van der Waals surface area contributed by atoms with Crippen molar-refractivity contribution in [3.63, 3.8) is 0 Å². The molecular formula is C14H21ClN2. The lowest BCUT2D eigenvalue weighted by atomic mass is 9.74. The maximum absolute atomic E-state index is 3.57. The highest BCUT2D eigenvalue weighted by Gasteiger charge is 2.40. The minimum atomic E-state index is 0. The Kier molecular flexibility index (Phi) is 3.64. The largest absolute Gasteiger partial charge is 0.384 e. The number of benzene rings is 1. The van der Waals surface area contributed by atoms with Crippen molar-refractivity contribution in [3.8, 4) is 0 Å². The number of nitrogens with one attached hydrogen (secondary N) is 1. The van der Waals surface area contributed by atoms with Crippen molar-refractivity contribution in [1.82, 2.24) is 4.90 Å². The highest BCUT2D eigenvalue weighted by atomic mass is 35.5. The molecule has 3 heteroatoms. The summed E-state index contributed by atoms with van der Waals surface area (Å²) >= 11 is 0. The van der Waals surface area contributed by atoms with Crippen molar-refractivity contribution in [2.45, 2.75) is 25.2 Å². The van der Waals surface area contributed by atoms with Crippen LogP contribution in [0.15, 0.2) is 24.3 Å². The van der Waals surface area contributed by atoms with Gasteiger partial charge >= 0.3 is 0 Å². The first-order valence-corrected chi connectivity index (χ1v) is 6.40. The molecule has 0 aliphatic carbocycles. The molecule has 2 aliphatic rings. The van der Waals surface area contributed by atoms with Gasteiger partial charge in [-0.25, -0.2) is 0 Å². The Morgan fingerprint density at radius 2 is 1.94 bits per heavy atom. The van der Waals surface area contributed by atoms with Crippen molar-refractivity contribution >= 4 is 18.1 Å². The second-order valence-corrected chi connectivity index (χ2v) is 5.11.